The first kappa shape index (κ1) is 14.1. The zero-order chi connectivity index (χ0) is 13.8. The molecule has 0 amide bonds. The van der Waals surface area contributed by atoms with Crippen molar-refractivity contribution in [2.24, 2.45) is 5.92 Å². The van der Waals surface area contributed by atoms with E-state index in [-0.39, 0.29) is 0 Å². The van der Waals surface area contributed by atoms with Crippen molar-refractivity contribution in [3.63, 3.8) is 0 Å². The van der Waals surface area contributed by atoms with Crippen LogP contribution in [0.5, 0.6) is 0 Å². The number of hydrogen-bond donors (Lipinski definition) is 2. The number of rotatable bonds is 4. The van der Waals surface area contributed by atoms with Gasteiger partial charge in [0.1, 0.15) is 0 Å². The summed E-state index contributed by atoms with van der Waals surface area (Å²) in [6.45, 7) is 0.976. The van der Waals surface area contributed by atoms with E-state index in [1.54, 1.807) is 0 Å². The largest absolute Gasteiger partial charge is 0.388 e. The first-order chi connectivity index (χ1) is 9.79. The van der Waals surface area contributed by atoms with Gasteiger partial charge in [0.2, 0.25) is 0 Å². The molecule has 0 saturated heterocycles. The second-order valence-corrected chi connectivity index (χ2v) is 6.61. The highest BCUT2D eigenvalue weighted by atomic mass is 16.3. The van der Waals surface area contributed by atoms with Crippen molar-refractivity contribution >= 4 is 0 Å². The van der Waals surface area contributed by atoms with Crippen molar-refractivity contribution in [3.05, 3.63) is 35.9 Å². The molecule has 2 fully saturated rings. The molecular formula is C18H27NO. The van der Waals surface area contributed by atoms with E-state index in [1.807, 2.05) is 0 Å². The average Bonchev–Trinajstić information content (AvgIpc) is 2.49. The van der Waals surface area contributed by atoms with Crippen LogP contribution in [-0.4, -0.2) is 23.3 Å². The summed E-state index contributed by atoms with van der Waals surface area (Å²) in [5.74, 6) is 0.541. The van der Waals surface area contributed by atoms with Crippen LogP contribution in [-0.2, 0) is 6.42 Å². The summed E-state index contributed by atoms with van der Waals surface area (Å²) in [6.07, 6.45) is 9.44. The summed E-state index contributed by atoms with van der Waals surface area (Å²) in [4.78, 5) is 0. The molecule has 0 heterocycles. The second-order valence-electron chi connectivity index (χ2n) is 6.61. The van der Waals surface area contributed by atoms with Crippen molar-refractivity contribution < 1.29 is 5.11 Å². The highest BCUT2D eigenvalue weighted by Crippen LogP contribution is 2.43. The fraction of sp³-hybridized carbons (Fsp3) is 0.667. The fourth-order valence-corrected chi connectivity index (χ4v) is 4.24. The monoisotopic (exact) mass is 273 g/mol. The van der Waals surface area contributed by atoms with Crippen LogP contribution in [0.15, 0.2) is 30.3 Å². The predicted molar refractivity (Wildman–Crippen MR) is 82.7 cm³/mol. The molecular weight excluding hydrogens is 246 g/mol. The van der Waals surface area contributed by atoms with Gasteiger partial charge in [-0.25, -0.2) is 0 Å². The maximum atomic E-state index is 11.1. The van der Waals surface area contributed by atoms with Crippen LogP contribution in [0.4, 0.5) is 0 Å². The van der Waals surface area contributed by atoms with Gasteiger partial charge < -0.3 is 10.4 Å². The van der Waals surface area contributed by atoms with Gasteiger partial charge >= 0.3 is 0 Å². The Morgan fingerprint density at radius 2 is 1.85 bits per heavy atom. The third kappa shape index (κ3) is 2.91. The van der Waals surface area contributed by atoms with Crippen molar-refractivity contribution in [2.75, 3.05) is 6.54 Å². The van der Waals surface area contributed by atoms with Gasteiger partial charge in [0.25, 0.3) is 0 Å². The zero-order valence-corrected chi connectivity index (χ0v) is 12.4. The van der Waals surface area contributed by atoms with Gasteiger partial charge in [0.15, 0.2) is 0 Å². The third-order valence-electron chi connectivity index (χ3n) is 5.38. The highest BCUT2D eigenvalue weighted by molar-refractivity contribution is 5.15. The van der Waals surface area contributed by atoms with Gasteiger partial charge in [-0.2, -0.15) is 0 Å². The quantitative estimate of drug-likeness (QED) is 0.882. The summed E-state index contributed by atoms with van der Waals surface area (Å²) in [5, 5.41) is 14.7. The van der Waals surface area contributed by atoms with E-state index >= 15 is 0 Å². The Balaban J connectivity index is 1.56. The van der Waals surface area contributed by atoms with Gasteiger partial charge in [0.05, 0.1) is 5.60 Å². The number of fused-ring (bicyclic) bond motifs is 1. The highest BCUT2D eigenvalue weighted by Gasteiger charge is 2.46. The molecule has 0 bridgehead atoms. The minimum absolute atomic E-state index is 0.310. The van der Waals surface area contributed by atoms with Crippen LogP contribution in [0, 0.1) is 5.92 Å². The normalized spacial score (nSPS) is 33.6. The van der Waals surface area contributed by atoms with Crippen molar-refractivity contribution in [3.8, 4) is 0 Å². The van der Waals surface area contributed by atoms with Crippen LogP contribution < -0.4 is 5.32 Å². The molecule has 3 atom stereocenters. The van der Waals surface area contributed by atoms with Crippen LogP contribution in [0.25, 0.3) is 0 Å². The van der Waals surface area contributed by atoms with Gasteiger partial charge in [-0.15, -0.1) is 0 Å². The predicted octanol–water partition coefficient (Wildman–Crippen LogP) is 3.29. The Morgan fingerprint density at radius 1 is 1.05 bits per heavy atom. The summed E-state index contributed by atoms with van der Waals surface area (Å²) >= 11 is 0. The van der Waals surface area contributed by atoms with E-state index in [0.29, 0.717) is 12.0 Å². The molecule has 0 aromatic heterocycles. The smallest absolute Gasteiger partial charge is 0.0827 e. The molecule has 2 heteroatoms. The third-order valence-corrected chi connectivity index (χ3v) is 5.38. The lowest BCUT2D eigenvalue weighted by molar-refractivity contribution is -0.0983. The van der Waals surface area contributed by atoms with Crippen molar-refractivity contribution in [1.29, 1.82) is 0 Å². The Kier molecular flexibility index (Phi) is 4.42. The molecule has 2 nitrogen and oxygen atoms in total. The topological polar surface area (TPSA) is 32.3 Å². The van der Waals surface area contributed by atoms with Gasteiger partial charge in [-0.3, -0.25) is 0 Å². The number of nitrogens with one attached hydrogen (secondary N) is 1. The van der Waals surface area contributed by atoms with Gasteiger partial charge in [-0.05, 0) is 50.1 Å². The minimum atomic E-state index is -0.423. The molecule has 0 unspecified atom stereocenters. The Bertz CT molecular complexity index is 417. The van der Waals surface area contributed by atoms with E-state index in [0.717, 1.165) is 25.8 Å². The molecule has 2 aliphatic rings. The summed E-state index contributed by atoms with van der Waals surface area (Å²) < 4.78 is 0. The van der Waals surface area contributed by atoms with Crippen LogP contribution >= 0.6 is 0 Å². The molecule has 0 spiro atoms. The molecule has 1 aromatic carbocycles. The lowest BCUT2D eigenvalue weighted by Gasteiger charge is -2.49. The summed E-state index contributed by atoms with van der Waals surface area (Å²) in [6, 6.07) is 10.9. The van der Waals surface area contributed by atoms with Crippen LogP contribution in [0.2, 0.25) is 0 Å². The molecule has 3 rings (SSSR count). The van der Waals surface area contributed by atoms with Crippen molar-refractivity contribution in [1.82, 2.24) is 5.32 Å². The molecule has 1 aromatic rings. The van der Waals surface area contributed by atoms with E-state index < -0.39 is 5.60 Å². The zero-order valence-electron chi connectivity index (χ0n) is 12.4. The Morgan fingerprint density at radius 3 is 2.70 bits per heavy atom. The maximum Gasteiger partial charge on any atom is 0.0827 e. The van der Waals surface area contributed by atoms with Crippen molar-refractivity contribution in [2.45, 2.75) is 63.0 Å². The molecule has 20 heavy (non-hydrogen) atoms. The SMILES string of the molecule is O[C@]12CCCC[C@@H]1CCC[C@H]2NCCc1ccccc1. The van der Waals surface area contributed by atoms with E-state index in [9.17, 15) is 5.11 Å². The number of hydrogen-bond acceptors (Lipinski definition) is 2. The van der Waals surface area contributed by atoms with Crippen LogP contribution in [0.3, 0.4) is 0 Å². The molecule has 0 radical (unpaired) electrons. The average molecular weight is 273 g/mol. The first-order valence-corrected chi connectivity index (χ1v) is 8.29. The van der Waals surface area contributed by atoms with Gasteiger partial charge in [-0.1, -0.05) is 49.6 Å². The lowest BCUT2D eigenvalue weighted by Crippen LogP contribution is -2.59. The number of benzene rings is 1. The van der Waals surface area contributed by atoms with E-state index in [1.165, 1.54) is 37.7 Å². The summed E-state index contributed by atoms with van der Waals surface area (Å²) in [7, 11) is 0. The Hall–Kier alpha value is -0.860. The molecule has 110 valence electrons. The standard InChI is InChI=1S/C18H27NO/c20-18-13-5-4-9-16(18)10-6-11-17(18)19-14-12-15-7-2-1-3-8-15/h1-3,7-8,16-17,19-20H,4-6,9-14H2/t16-,17-,18-/m1/s1. The molecule has 2 saturated carbocycles. The Labute approximate surface area is 122 Å². The molecule has 2 N–H and O–H groups in total. The number of aliphatic hydroxyl groups is 1. The van der Waals surface area contributed by atoms with E-state index in [2.05, 4.69) is 35.6 Å². The lowest BCUT2D eigenvalue weighted by atomic mass is 9.65. The molecule has 2 aliphatic carbocycles. The summed E-state index contributed by atoms with van der Waals surface area (Å²) in [5.41, 5.74) is 0.954. The molecule has 0 aliphatic heterocycles. The first-order valence-electron chi connectivity index (χ1n) is 8.29. The minimum Gasteiger partial charge on any atom is -0.388 e. The fourth-order valence-electron chi connectivity index (χ4n) is 4.24. The maximum absolute atomic E-state index is 11.1. The second kappa shape index (κ2) is 6.28. The van der Waals surface area contributed by atoms with E-state index in [4.69, 9.17) is 0 Å². The van der Waals surface area contributed by atoms with Gasteiger partial charge in [0, 0.05) is 6.04 Å². The van der Waals surface area contributed by atoms with Crippen LogP contribution in [0.1, 0.15) is 50.5 Å².